The number of unbranched alkanes of at least 4 members (excludes halogenated alkanes) is 1. The third kappa shape index (κ3) is 7.93. The average molecular weight is 586 g/mol. The van der Waals surface area contributed by atoms with Gasteiger partial charge in [-0.25, -0.2) is 8.78 Å². The highest BCUT2D eigenvalue weighted by atomic mass is 31.0. The number of hydrogen-bond donors (Lipinski definition) is 2. The van der Waals surface area contributed by atoms with Crippen molar-refractivity contribution in [1.29, 1.82) is 0 Å². The molecule has 0 spiro atoms. The Labute approximate surface area is 246 Å². The molecule has 1 atom stereocenters. The minimum atomic E-state index is -3.06. The molecule has 2 N–H and O–H groups in total. The van der Waals surface area contributed by atoms with E-state index in [4.69, 9.17) is 0 Å². The van der Waals surface area contributed by atoms with Gasteiger partial charge in [0.2, 0.25) is 11.8 Å². The van der Waals surface area contributed by atoms with E-state index in [0.29, 0.717) is 13.0 Å². The summed E-state index contributed by atoms with van der Waals surface area (Å²) in [7, 11) is 1.51. The van der Waals surface area contributed by atoms with Gasteiger partial charge in [0, 0.05) is 12.5 Å². The number of benzene rings is 2. The molecule has 1 fully saturated rings. The van der Waals surface area contributed by atoms with Crippen molar-refractivity contribution < 1.29 is 18.4 Å². The molecule has 0 heterocycles. The highest BCUT2D eigenvalue weighted by Crippen LogP contribution is 2.51. The maximum absolute atomic E-state index is 13.8. The van der Waals surface area contributed by atoms with Crippen LogP contribution < -0.4 is 10.6 Å². The topological polar surface area (TPSA) is 61.4 Å². The molecule has 2 aliphatic carbocycles. The molecular formula is C33H46F2N3O2P. The summed E-state index contributed by atoms with van der Waals surface area (Å²) in [6.07, 6.45) is 9.96. The van der Waals surface area contributed by atoms with Gasteiger partial charge in [-0.05, 0) is 74.0 Å². The molecule has 0 bridgehead atoms. The van der Waals surface area contributed by atoms with E-state index in [1.165, 1.54) is 22.1 Å². The van der Waals surface area contributed by atoms with Crippen LogP contribution in [0.2, 0.25) is 0 Å². The van der Waals surface area contributed by atoms with Gasteiger partial charge < -0.3 is 15.5 Å². The van der Waals surface area contributed by atoms with Crippen LogP contribution in [-0.4, -0.2) is 55.1 Å². The first-order chi connectivity index (χ1) is 19.8. The van der Waals surface area contributed by atoms with Crippen molar-refractivity contribution in [2.24, 2.45) is 5.92 Å². The lowest BCUT2D eigenvalue weighted by molar-refractivity contribution is -0.126. The van der Waals surface area contributed by atoms with E-state index in [-0.39, 0.29) is 17.7 Å². The summed E-state index contributed by atoms with van der Waals surface area (Å²) >= 11 is 0. The maximum Gasteiger partial charge on any atom is 0.275 e. The zero-order chi connectivity index (χ0) is 29.3. The molecule has 2 aliphatic rings. The van der Waals surface area contributed by atoms with Crippen molar-refractivity contribution in [1.82, 2.24) is 15.5 Å². The zero-order valence-corrected chi connectivity index (χ0v) is 25.6. The van der Waals surface area contributed by atoms with Crippen molar-refractivity contribution in [3.63, 3.8) is 0 Å². The Bertz CT molecular complexity index is 1120. The second kappa shape index (κ2) is 14.7. The quantitative estimate of drug-likeness (QED) is 0.151. The van der Waals surface area contributed by atoms with Crippen LogP contribution in [0.5, 0.6) is 0 Å². The van der Waals surface area contributed by atoms with Crippen LogP contribution in [0.4, 0.5) is 8.78 Å². The van der Waals surface area contributed by atoms with Gasteiger partial charge in [-0.2, -0.15) is 0 Å². The molecule has 0 saturated heterocycles. The molecule has 1 saturated carbocycles. The zero-order valence-electron chi connectivity index (χ0n) is 24.4. The van der Waals surface area contributed by atoms with Gasteiger partial charge in [0.25, 0.3) is 5.66 Å². The summed E-state index contributed by atoms with van der Waals surface area (Å²) in [5.41, 5.74) is -0.285. The summed E-state index contributed by atoms with van der Waals surface area (Å²) in [4.78, 5) is 28.7. The monoisotopic (exact) mass is 585 g/mol. The third-order valence-corrected chi connectivity index (χ3v) is 9.04. The van der Waals surface area contributed by atoms with Gasteiger partial charge in [-0.15, -0.1) is 0 Å². The average Bonchev–Trinajstić information content (AvgIpc) is 3.09. The number of fused-ring (bicyclic) bond motifs is 3. The van der Waals surface area contributed by atoms with Crippen LogP contribution in [0, 0.1) is 5.92 Å². The first-order valence-electron chi connectivity index (χ1n) is 15.4. The molecule has 8 heteroatoms. The van der Waals surface area contributed by atoms with Crippen molar-refractivity contribution in [3.05, 3.63) is 59.7 Å². The lowest BCUT2D eigenvalue weighted by atomic mass is 9.73. The van der Waals surface area contributed by atoms with E-state index in [1.54, 1.807) is 0 Å². The molecule has 0 radical (unpaired) electrons. The summed E-state index contributed by atoms with van der Waals surface area (Å²) in [6.45, 7) is 4.83. The summed E-state index contributed by atoms with van der Waals surface area (Å²) in [6, 6.07) is 15.7. The van der Waals surface area contributed by atoms with Gasteiger partial charge >= 0.3 is 0 Å². The smallest absolute Gasteiger partial charge is 0.275 e. The van der Waals surface area contributed by atoms with Crippen molar-refractivity contribution >= 4 is 21.1 Å². The molecule has 5 nitrogen and oxygen atoms in total. The normalized spacial score (nSPS) is 16.6. The second-order valence-corrected chi connectivity index (χ2v) is 12.5. The number of nitrogens with one attached hydrogen (secondary N) is 2. The van der Waals surface area contributed by atoms with Crippen LogP contribution in [-0.2, 0) is 15.0 Å². The third-order valence-electron chi connectivity index (χ3n) is 8.84. The van der Waals surface area contributed by atoms with Crippen LogP contribution >= 0.6 is 9.24 Å². The number of halogens is 2. The van der Waals surface area contributed by atoms with Gasteiger partial charge in [-0.3, -0.25) is 9.59 Å². The van der Waals surface area contributed by atoms with Crippen LogP contribution in [0.1, 0.15) is 82.3 Å². The number of alkyl halides is 2. The van der Waals surface area contributed by atoms with E-state index >= 15 is 0 Å². The van der Waals surface area contributed by atoms with E-state index in [2.05, 4.69) is 22.5 Å². The summed E-state index contributed by atoms with van der Waals surface area (Å²) in [5.74, 6) is 0.0290. The number of nitrogens with zero attached hydrogens (tertiary/aromatic N) is 1. The fourth-order valence-electron chi connectivity index (χ4n) is 6.66. The van der Waals surface area contributed by atoms with E-state index in [9.17, 15) is 18.4 Å². The maximum atomic E-state index is 13.8. The number of rotatable bonds is 14. The molecule has 224 valence electrons. The summed E-state index contributed by atoms with van der Waals surface area (Å²) in [5, 5.41) is 5.72. The number of hydrogen-bond acceptors (Lipinski definition) is 3. The fraction of sp³-hybridized carbons (Fsp3) is 0.576. The minimum absolute atomic E-state index is 0.178. The second-order valence-electron chi connectivity index (χ2n) is 11.7. The van der Waals surface area contributed by atoms with Crippen LogP contribution in [0.25, 0.3) is 11.1 Å². The largest absolute Gasteiger partial charge is 0.356 e. The lowest BCUT2D eigenvalue weighted by Gasteiger charge is -2.32. The van der Waals surface area contributed by atoms with Crippen LogP contribution in [0.15, 0.2) is 48.5 Å². The molecule has 2 amide bonds. The lowest BCUT2D eigenvalue weighted by Crippen LogP contribution is -2.47. The molecule has 4 rings (SSSR count). The Hall–Kier alpha value is -2.37. The highest BCUT2D eigenvalue weighted by Gasteiger charge is 2.48. The number of carbonyl (C=O) groups excluding carboxylic acids is 2. The molecule has 1 unspecified atom stereocenters. The first-order valence-corrected chi connectivity index (χ1v) is 16.0. The Kier molecular flexibility index (Phi) is 11.3. The van der Waals surface area contributed by atoms with Crippen molar-refractivity contribution in [2.45, 2.75) is 82.2 Å². The molecule has 2 aromatic rings. The van der Waals surface area contributed by atoms with Gasteiger partial charge in [-0.1, -0.05) is 96.8 Å². The van der Waals surface area contributed by atoms with E-state index in [1.807, 2.05) is 48.5 Å². The predicted octanol–water partition coefficient (Wildman–Crippen LogP) is 6.51. The Morgan fingerprint density at radius 1 is 0.902 bits per heavy atom. The number of amides is 2. The minimum Gasteiger partial charge on any atom is -0.356 e. The van der Waals surface area contributed by atoms with Gasteiger partial charge in [0.1, 0.15) is 5.41 Å². The Morgan fingerprint density at radius 3 is 2.07 bits per heavy atom. The summed E-state index contributed by atoms with van der Waals surface area (Å²) < 4.78 is 27.4. The fourth-order valence-corrected chi connectivity index (χ4v) is 6.76. The Balaban J connectivity index is 1.34. The first kappa shape index (κ1) is 31.6. The van der Waals surface area contributed by atoms with Gasteiger partial charge in [0.05, 0.1) is 6.54 Å². The van der Waals surface area contributed by atoms with E-state index in [0.717, 1.165) is 86.8 Å². The Morgan fingerprint density at radius 2 is 1.49 bits per heavy atom. The van der Waals surface area contributed by atoms with E-state index < -0.39 is 17.6 Å². The molecule has 2 aromatic carbocycles. The molecular weight excluding hydrogens is 539 g/mol. The predicted molar refractivity (Wildman–Crippen MR) is 165 cm³/mol. The molecule has 0 aromatic heterocycles. The molecule has 41 heavy (non-hydrogen) atoms. The van der Waals surface area contributed by atoms with Gasteiger partial charge in [0.15, 0.2) is 0 Å². The van der Waals surface area contributed by atoms with Crippen molar-refractivity contribution in [3.8, 4) is 11.1 Å². The highest BCUT2D eigenvalue weighted by molar-refractivity contribution is 7.18. The van der Waals surface area contributed by atoms with Crippen molar-refractivity contribution in [2.75, 3.05) is 32.7 Å². The molecule has 0 aliphatic heterocycles. The standard InChI is InChI=1S/C33H46F2N3O2P/c1-2-38(23-13-21-36-30(39)25-14-5-3-4-6-15-25)22-12-11-20-32(31(40)37-24-33(34,35)41)28-18-9-7-16-26(28)27-17-8-10-19-29(27)32/h7-10,16-19,25H,2-6,11-15,20-24,41H2,1H3,(H,36,39)(H,37,40). The van der Waals surface area contributed by atoms with Crippen LogP contribution in [0.3, 0.4) is 0 Å². The SMILES string of the molecule is CCN(CCCCC1(C(=O)NCC(F)(F)P)c2ccccc2-c2ccccc21)CCCNC(=O)C1CCCCCC1. The number of carbonyl (C=O) groups is 2.